The Morgan fingerprint density at radius 2 is 1.94 bits per heavy atom. The molecule has 2 aliphatic rings. The Kier molecular flexibility index (Phi) is 4.56. The van der Waals surface area contributed by atoms with Gasteiger partial charge in [0.25, 0.3) is 0 Å². The van der Waals surface area contributed by atoms with Gasteiger partial charge in [0.05, 0.1) is 6.04 Å². The van der Waals surface area contributed by atoms with Gasteiger partial charge in [-0.25, -0.2) is 0 Å². The molecule has 16 heavy (non-hydrogen) atoms. The maximum absolute atomic E-state index is 4.84. The van der Waals surface area contributed by atoms with Gasteiger partial charge in [-0.1, -0.05) is 44.9 Å². The Labute approximate surface area is 104 Å². The first-order chi connectivity index (χ1) is 7.75. The Morgan fingerprint density at radius 1 is 1.19 bits per heavy atom. The summed E-state index contributed by atoms with van der Waals surface area (Å²) in [5.74, 6) is 1.92. The third-order valence-electron chi connectivity index (χ3n) is 3.64. The van der Waals surface area contributed by atoms with Crippen LogP contribution in [0.3, 0.4) is 0 Å². The number of amidine groups is 1. The van der Waals surface area contributed by atoms with E-state index in [2.05, 4.69) is 19.2 Å². The predicted molar refractivity (Wildman–Crippen MR) is 73.1 cm³/mol. The summed E-state index contributed by atoms with van der Waals surface area (Å²) in [4.78, 5) is 4.84. The number of nitrogens with zero attached hydrogens (tertiary/aromatic N) is 1. The fourth-order valence-corrected chi connectivity index (χ4v) is 3.52. The minimum Gasteiger partial charge on any atom is -0.362 e. The molecular formula is C13H24N2S. The first-order valence-corrected chi connectivity index (χ1v) is 7.71. The van der Waals surface area contributed by atoms with Crippen LogP contribution in [0.25, 0.3) is 0 Å². The second-order valence-corrected chi connectivity index (χ2v) is 6.45. The van der Waals surface area contributed by atoms with Crippen molar-refractivity contribution in [3.8, 4) is 0 Å². The molecule has 2 nitrogen and oxygen atoms in total. The number of nitrogens with one attached hydrogen (secondary N) is 1. The molecule has 1 unspecified atom stereocenters. The van der Waals surface area contributed by atoms with E-state index in [1.165, 1.54) is 49.4 Å². The van der Waals surface area contributed by atoms with Gasteiger partial charge in [-0.2, -0.15) is 0 Å². The average molecular weight is 240 g/mol. The minimum atomic E-state index is 0.548. The molecule has 1 N–H and O–H groups in total. The molecule has 1 atom stereocenters. The quantitative estimate of drug-likeness (QED) is 0.799. The Bertz CT molecular complexity index is 244. The van der Waals surface area contributed by atoms with Crippen molar-refractivity contribution in [1.82, 2.24) is 5.32 Å². The van der Waals surface area contributed by atoms with Crippen LogP contribution in [0.4, 0.5) is 0 Å². The third kappa shape index (κ3) is 3.41. The van der Waals surface area contributed by atoms with Crippen LogP contribution in [0.15, 0.2) is 4.99 Å². The summed E-state index contributed by atoms with van der Waals surface area (Å²) in [6.45, 7) is 4.56. The van der Waals surface area contributed by atoms with E-state index in [-0.39, 0.29) is 0 Å². The Hall–Kier alpha value is -0.180. The summed E-state index contributed by atoms with van der Waals surface area (Å²) < 4.78 is 0. The second kappa shape index (κ2) is 5.95. The van der Waals surface area contributed by atoms with Crippen molar-refractivity contribution in [1.29, 1.82) is 0 Å². The van der Waals surface area contributed by atoms with Crippen LogP contribution in [0.2, 0.25) is 0 Å². The fraction of sp³-hybridized carbons (Fsp3) is 0.923. The zero-order chi connectivity index (χ0) is 11.4. The lowest BCUT2D eigenvalue weighted by molar-refractivity contribution is 0.412. The summed E-state index contributed by atoms with van der Waals surface area (Å²) in [5.41, 5.74) is 0. The second-order valence-electron chi connectivity index (χ2n) is 5.36. The summed E-state index contributed by atoms with van der Waals surface area (Å²) in [7, 11) is 0. The molecule has 92 valence electrons. The van der Waals surface area contributed by atoms with Gasteiger partial charge >= 0.3 is 0 Å². The summed E-state index contributed by atoms with van der Waals surface area (Å²) in [6, 6.07) is 1.25. The molecule has 1 aliphatic carbocycles. The number of hydrogen-bond donors (Lipinski definition) is 1. The van der Waals surface area contributed by atoms with Crippen molar-refractivity contribution in [3.63, 3.8) is 0 Å². The molecule has 0 radical (unpaired) electrons. The van der Waals surface area contributed by atoms with E-state index >= 15 is 0 Å². The number of rotatable bonds is 2. The van der Waals surface area contributed by atoms with Crippen molar-refractivity contribution in [3.05, 3.63) is 0 Å². The standard InChI is InChI=1S/C13H24N2S/c1-10(2)12-8-9-16-13(15-12)14-11-6-4-3-5-7-11/h10-12H,3-9H2,1-2H3,(H,14,15). The highest BCUT2D eigenvalue weighted by atomic mass is 32.2. The molecule has 1 aliphatic heterocycles. The van der Waals surface area contributed by atoms with Crippen molar-refractivity contribution >= 4 is 16.9 Å². The topological polar surface area (TPSA) is 24.4 Å². The van der Waals surface area contributed by atoms with Gasteiger partial charge < -0.3 is 5.32 Å². The zero-order valence-electron chi connectivity index (χ0n) is 10.5. The van der Waals surface area contributed by atoms with E-state index in [0.29, 0.717) is 18.0 Å². The maximum Gasteiger partial charge on any atom is 0.157 e. The number of hydrogen-bond acceptors (Lipinski definition) is 3. The van der Waals surface area contributed by atoms with Crippen LogP contribution < -0.4 is 5.32 Å². The van der Waals surface area contributed by atoms with Crippen LogP contribution in [-0.4, -0.2) is 23.0 Å². The first-order valence-electron chi connectivity index (χ1n) is 6.73. The lowest BCUT2D eigenvalue weighted by Crippen LogP contribution is -2.37. The van der Waals surface area contributed by atoms with Crippen molar-refractivity contribution in [2.75, 3.05) is 5.75 Å². The molecule has 3 heteroatoms. The molecule has 1 fully saturated rings. The Balaban J connectivity index is 1.87. The number of thioether (sulfide) groups is 1. The predicted octanol–water partition coefficient (Wildman–Crippen LogP) is 3.43. The van der Waals surface area contributed by atoms with Crippen LogP contribution in [0, 0.1) is 5.92 Å². The minimum absolute atomic E-state index is 0.548. The van der Waals surface area contributed by atoms with Gasteiger partial charge in [0.15, 0.2) is 5.17 Å². The van der Waals surface area contributed by atoms with Crippen molar-refractivity contribution < 1.29 is 0 Å². The molecule has 1 saturated carbocycles. The molecule has 0 amide bonds. The fourth-order valence-electron chi connectivity index (χ4n) is 2.51. The van der Waals surface area contributed by atoms with Crippen molar-refractivity contribution in [2.24, 2.45) is 10.9 Å². The normalized spacial score (nSPS) is 27.9. The van der Waals surface area contributed by atoms with Crippen molar-refractivity contribution in [2.45, 2.75) is 64.5 Å². The van der Waals surface area contributed by atoms with E-state index < -0.39 is 0 Å². The molecule has 2 rings (SSSR count). The van der Waals surface area contributed by atoms with E-state index in [1.807, 2.05) is 11.8 Å². The third-order valence-corrected chi connectivity index (χ3v) is 4.57. The first kappa shape index (κ1) is 12.3. The lowest BCUT2D eigenvalue weighted by atomic mass is 9.96. The molecule has 0 aromatic heterocycles. The molecule has 0 aromatic rings. The molecule has 0 aromatic carbocycles. The van der Waals surface area contributed by atoms with Crippen LogP contribution in [0.1, 0.15) is 52.4 Å². The van der Waals surface area contributed by atoms with Gasteiger partial charge in [-0.15, -0.1) is 0 Å². The maximum atomic E-state index is 4.84. The summed E-state index contributed by atoms with van der Waals surface area (Å²) >= 11 is 1.92. The highest BCUT2D eigenvalue weighted by Crippen LogP contribution is 2.24. The lowest BCUT2D eigenvalue weighted by Gasteiger charge is -2.28. The van der Waals surface area contributed by atoms with Gasteiger partial charge in [0.2, 0.25) is 0 Å². The van der Waals surface area contributed by atoms with Gasteiger partial charge in [-0.3, -0.25) is 4.99 Å². The Morgan fingerprint density at radius 3 is 2.62 bits per heavy atom. The summed E-state index contributed by atoms with van der Waals surface area (Å²) in [6.07, 6.45) is 8.13. The molecule has 1 heterocycles. The van der Waals surface area contributed by atoms with Crippen LogP contribution in [0.5, 0.6) is 0 Å². The smallest absolute Gasteiger partial charge is 0.157 e. The molecule has 0 spiro atoms. The van der Waals surface area contributed by atoms with E-state index in [0.717, 1.165) is 0 Å². The van der Waals surface area contributed by atoms with E-state index in [4.69, 9.17) is 4.99 Å². The van der Waals surface area contributed by atoms with E-state index in [1.54, 1.807) is 0 Å². The summed E-state index contributed by atoms with van der Waals surface area (Å²) in [5, 5.41) is 4.87. The molecule has 0 bridgehead atoms. The van der Waals surface area contributed by atoms with Gasteiger partial charge in [0, 0.05) is 11.8 Å². The monoisotopic (exact) mass is 240 g/mol. The van der Waals surface area contributed by atoms with Gasteiger partial charge in [0.1, 0.15) is 0 Å². The van der Waals surface area contributed by atoms with Crippen LogP contribution >= 0.6 is 11.8 Å². The highest BCUT2D eigenvalue weighted by molar-refractivity contribution is 8.13. The van der Waals surface area contributed by atoms with E-state index in [9.17, 15) is 0 Å². The number of aliphatic imine (C=N–C) groups is 1. The molecular weight excluding hydrogens is 216 g/mol. The van der Waals surface area contributed by atoms with Crippen LogP contribution in [-0.2, 0) is 0 Å². The zero-order valence-corrected chi connectivity index (χ0v) is 11.4. The molecule has 0 saturated heterocycles. The average Bonchev–Trinajstić information content (AvgIpc) is 2.30. The highest BCUT2D eigenvalue weighted by Gasteiger charge is 2.21. The van der Waals surface area contributed by atoms with Gasteiger partial charge in [-0.05, 0) is 25.2 Å². The largest absolute Gasteiger partial charge is 0.362 e. The SMILES string of the molecule is CC(C)C1CCSC(NC2CCCCC2)=N1.